The molecule has 35 heavy (non-hydrogen) atoms. The van der Waals surface area contributed by atoms with Gasteiger partial charge in [0.15, 0.2) is 11.5 Å². The van der Waals surface area contributed by atoms with E-state index in [9.17, 15) is 9.59 Å². The maximum Gasteiger partial charge on any atom is 0.336 e. The van der Waals surface area contributed by atoms with Crippen molar-refractivity contribution in [2.24, 2.45) is 5.92 Å². The summed E-state index contributed by atoms with van der Waals surface area (Å²) >= 11 is 1.64. The summed E-state index contributed by atoms with van der Waals surface area (Å²) in [4.78, 5) is 28.1. The minimum Gasteiger partial charge on any atom is -0.493 e. The van der Waals surface area contributed by atoms with Crippen molar-refractivity contribution < 1.29 is 28.5 Å². The minimum atomic E-state index is -0.558. The van der Waals surface area contributed by atoms with E-state index in [4.69, 9.17) is 18.9 Å². The SMILES string of the molecule is CCCOC(=O)C1=C(C)NC2=CC(c3cccs3)CC(=O)C2C1c1cc(OC)c(OC)c(OC)c1. The summed E-state index contributed by atoms with van der Waals surface area (Å²) in [6.45, 7) is 4.10. The van der Waals surface area contributed by atoms with Crippen molar-refractivity contribution in [3.8, 4) is 17.2 Å². The Labute approximate surface area is 209 Å². The van der Waals surface area contributed by atoms with E-state index < -0.39 is 17.8 Å². The maximum absolute atomic E-state index is 13.7. The van der Waals surface area contributed by atoms with Crippen LogP contribution in [0.1, 0.15) is 49.0 Å². The van der Waals surface area contributed by atoms with E-state index >= 15 is 0 Å². The molecule has 0 spiro atoms. The second kappa shape index (κ2) is 10.6. The number of allylic oxidation sites excluding steroid dienone is 3. The first-order valence-electron chi connectivity index (χ1n) is 11.7. The molecule has 0 amide bonds. The van der Waals surface area contributed by atoms with E-state index in [2.05, 4.69) is 17.5 Å². The molecule has 7 nitrogen and oxygen atoms in total. The van der Waals surface area contributed by atoms with Crippen molar-refractivity contribution >= 4 is 23.1 Å². The van der Waals surface area contributed by atoms with Crippen LogP contribution in [-0.2, 0) is 14.3 Å². The molecule has 2 aromatic rings. The van der Waals surface area contributed by atoms with Gasteiger partial charge in [0.1, 0.15) is 5.78 Å². The van der Waals surface area contributed by atoms with E-state index in [0.29, 0.717) is 48.0 Å². The third-order valence-corrected chi connectivity index (χ3v) is 7.48. The number of rotatable bonds is 8. The zero-order valence-electron chi connectivity index (χ0n) is 20.7. The Balaban J connectivity index is 1.89. The first-order chi connectivity index (χ1) is 16.9. The molecule has 186 valence electrons. The number of nitrogens with one attached hydrogen (secondary N) is 1. The molecule has 3 unspecified atom stereocenters. The Morgan fingerprint density at radius 2 is 1.83 bits per heavy atom. The van der Waals surface area contributed by atoms with Crippen molar-refractivity contribution in [2.75, 3.05) is 27.9 Å². The van der Waals surface area contributed by atoms with Gasteiger partial charge in [-0.15, -0.1) is 11.3 Å². The highest BCUT2D eigenvalue weighted by molar-refractivity contribution is 7.10. The van der Waals surface area contributed by atoms with E-state index in [1.165, 1.54) is 0 Å². The van der Waals surface area contributed by atoms with Crippen molar-refractivity contribution in [3.05, 3.63) is 63.1 Å². The van der Waals surface area contributed by atoms with Gasteiger partial charge < -0.3 is 24.3 Å². The first kappa shape index (κ1) is 24.9. The molecular weight excluding hydrogens is 466 g/mol. The molecule has 0 saturated carbocycles. The van der Waals surface area contributed by atoms with Gasteiger partial charge in [0.05, 0.1) is 39.4 Å². The average molecular weight is 498 g/mol. The summed E-state index contributed by atoms with van der Waals surface area (Å²) in [5, 5.41) is 5.38. The molecule has 0 saturated heterocycles. The summed E-state index contributed by atoms with van der Waals surface area (Å²) < 4.78 is 22.2. The lowest BCUT2D eigenvalue weighted by Gasteiger charge is -2.39. The van der Waals surface area contributed by atoms with Crippen LogP contribution < -0.4 is 19.5 Å². The van der Waals surface area contributed by atoms with Crippen LogP contribution in [0.2, 0.25) is 0 Å². The molecule has 0 fully saturated rings. The quantitative estimate of drug-likeness (QED) is 0.517. The van der Waals surface area contributed by atoms with Gasteiger partial charge in [-0.05, 0) is 42.5 Å². The number of Topliss-reactive ketones (excluding diaryl/α,β-unsaturated/α-hetero) is 1. The topological polar surface area (TPSA) is 83.1 Å². The van der Waals surface area contributed by atoms with Crippen LogP contribution in [0.3, 0.4) is 0 Å². The third kappa shape index (κ3) is 4.67. The number of hydrogen-bond donors (Lipinski definition) is 1. The van der Waals surface area contributed by atoms with Gasteiger partial charge >= 0.3 is 5.97 Å². The zero-order valence-corrected chi connectivity index (χ0v) is 21.5. The number of benzene rings is 1. The van der Waals surface area contributed by atoms with Crippen LogP contribution in [0.4, 0.5) is 0 Å². The fourth-order valence-electron chi connectivity index (χ4n) is 4.94. The van der Waals surface area contributed by atoms with Gasteiger partial charge in [-0.2, -0.15) is 0 Å². The summed E-state index contributed by atoms with van der Waals surface area (Å²) in [7, 11) is 4.63. The van der Waals surface area contributed by atoms with Crippen LogP contribution in [0.5, 0.6) is 17.2 Å². The van der Waals surface area contributed by atoms with E-state index in [-0.39, 0.29) is 11.7 Å². The number of thiophene rings is 1. The van der Waals surface area contributed by atoms with Crippen molar-refractivity contribution in [3.63, 3.8) is 0 Å². The molecule has 1 aromatic heterocycles. The fourth-order valence-corrected chi connectivity index (χ4v) is 5.74. The number of methoxy groups -OCH3 is 3. The van der Waals surface area contributed by atoms with Gasteiger partial charge in [0.25, 0.3) is 0 Å². The number of hydrogen-bond acceptors (Lipinski definition) is 8. The summed E-state index contributed by atoms with van der Waals surface area (Å²) in [6.07, 6.45) is 3.20. The molecule has 1 N–H and O–H groups in total. The third-order valence-electron chi connectivity index (χ3n) is 6.48. The number of ketones is 1. The van der Waals surface area contributed by atoms with Gasteiger partial charge in [-0.1, -0.05) is 19.1 Å². The maximum atomic E-state index is 13.7. The highest BCUT2D eigenvalue weighted by atomic mass is 32.1. The lowest BCUT2D eigenvalue weighted by molar-refractivity contribution is -0.139. The zero-order chi connectivity index (χ0) is 25.1. The number of carbonyl (C=O) groups excluding carboxylic acids is 2. The van der Waals surface area contributed by atoms with Gasteiger partial charge in [-0.3, -0.25) is 4.79 Å². The molecule has 2 heterocycles. The summed E-state index contributed by atoms with van der Waals surface area (Å²) in [5.74, 6) is -0.0909. The van der Waals surface area contributed by atoms with Crippen molar-refractivity contribution in [1.29, 1.82) is 0 Å². The number of ether oxygens (including phenoxy) is 4. The van der Waals surface area contributed by atoms with E-state index in [1.54, 1.807) is 32.7 Å². The highest BCUT2D eigenvalue weighted by Crippen LogP contribution is 2.49. The Morgan fingerprint density at radius 1 is 1.11 bits per heavy atom. The van der Waals surface area contributed by atoms with Crippen LogP contribution in [0, 0.1) is 5.92 Å². The summed E-state index contributed by atoms with van der Waals surface area (Å²) in [6, 6.07) is 7.67. The normalized spacial score (nSPS) is 21.6. The average Bonchev–Trinajstić information content (AvgIpc) is 3.40. The lowest BCUT2D eigenvalue weighted by atomic mass is 9.69. The fraction of sp³-hybridized carbons (Fsp3) is 0.407. The molecule has 0 bridgehead atoms. The van der Waals surface area contributed by atoms with Gasteiger partial charge in [0, 0.05) is 34.5 Å². The van der Waals surface area contributed by atoms with E-state index in [0.717, 1.165) is 16.1 Å². The number of fused-ring (bicyclic) bond motifs is 1. The standard InChI is InChI=1S/C27H31NO6S/c1-6-9-34-27(30)23-15(2)28-18-11-16(22-8-7-10-35-22)12-19(29)25(18)24(23)17-13-20(31-3)26(33-5)21(14-17)32-4/h7-8,10-11,13-14,16,24-25,28H,6,9,12H2,1-5H3. The lowest BCUT2D eigenvalue weighted by Crippen LogP contribution is -2.42. The van der Waals surface area contributed by atoms with Crippen LogP contribution in [0.25, 0.3) is 0 Å². The molecule has 3 atom stereocenters. The van der Waals surface area contributed by atoms with Crippen LogP contribution >= 0.6 is 11.3 Å². The minimum absolute atomic E-state index is 0.00299. The number of esters is 1. The van der Waals surface area contributed by atoms with Crippen LogP contribution in [-0.4, -0.2) is 39.7 Å². The molecule has 1 aromatic carbocycles. The first-order valence-corrected chi connectivity index (χ1v) is 12.5. The Morgan fingerprint density at radius 3 is 2.40 bits per heavy atom. The molecule has 0 radical (unpaired) electrons. The Bertz CT molecular complexity index is 1140. The molecular formula is C27H31NO6S. The molecule has 4 rings (SSSR count). The van der Waals surface area contributed by atoms with Gasteiger partial charge in [-0.25, -0.2) is 4.79 Å². The Hall–Kier alpha value is -3.26. The number of carbonyl (C=O) groups is 2. The largest absolute Gasteiger partial charge is 0.493 e. The van der Waals surface area contributed by atoms with E-state index in [1.807, 2.05) is 37.4 Å². The monoisotopic (exact) mass is 497 g/mol. The predicted octanol–water partition coefficient (Wildman–Crippen LogP) is 4.94. The van der Waals surface area contributed by atoms with Gasteiger partial charge in [0.2, 0.25) is 5.75 Å². The smallest absolute Gasteiger partial charge is 0.336 e. The predicted molar refractivity (Wildman–Crippen MR) is 134 cm³/mol. The van der Waals surface area contributed by atoms with Crippen LogP contribution in [0.15, 0.2) is 52.7 Å². The Kier molecular flexibility index (Phi) is 7.50. The van der Waals surface area contributed by atoms with Crippen molar-refractivity contribution in [1.82, 2.24) is 5.32 Å². The molecule has 2 aliphatic rings. The molecule has 1 aliphatic heterocycles. The highest BCUT2D eigenvalue weighted by Gasteiger charge is 2.45. The second-order valence-electron chi connectivity index (χ2n) is 8.63. The van der Waals surface area contributed by atoms with Crippen molar-refractivity contribution in [2.45, 2.75) is 38.5 Å². The second-order valence-corrected chi connectivity index (χ2v) is 9.61. The molecule has 8 heteroatoms. The summed E-state index contributed by atoms with van der Waals surface area (Å²) in [5.41, 5.74) is 2.65. The molecule has 1 aliphatic carbocycles.